The molecule has 2 heterocycles. The first-order valence-electron chi connectivity index (χ1n) is 14.2. The molecule has 3 aromatic carbocycles. The van der Waals surface area contributed by atoms with Crippen molar-refractivity contribution in [1.29, 1.82) is 5.26 Å². The molecule has 5 rings (SSSR count). The van der Waals surface area contributed by atoms with Crippen molar-refractivity contribution in [1.82, 2.24) is 4.90 Å². The molecule has 0 radical (unpaired) electrons. The summed E-state index contributed by atoms with van der Waals surface area (Å²) < 4.78 is 0. The van der Waals surface area contributed by atoms with Gasteiger partial charge in [0.15, 0.2) is 0 Å². The zero-order valence-corrected chi connectivity index (χ0v) is 23.7. The zero-order chi connectivity index (χ0) is 28.4. The van der Waals surface area contributed by atoms with Crippen LogP contribution in [0.1, 0.15) is 66.7 Å². The van der Waals surface area contributed by atoms with E-state index in [4.69, 9.17) is 0 Å². The number of para-hydroxylation sites is 1. The van der Waals surface area contributed by atoms with Gasteiger partial charge in [0.2, 0.25) is 5.91 Å². The smallest absolute Gasteiger partial charge is 0.258 e. The highest BCUT2D eigenvalue weighted by atomic mass is 16.2. The third kappa shape index (κ3) is 4.96. The van der Waals surface area contributed by atoms with Crippen molar-refractivity contribution in [3.8, 4) is 6.07 Å². The van der Waals surface area contributed by atoms with E-state index in [2.05, 4.69) is 40.2 Å². The number of hydrogen-bond donors (Lipinski definition) is 1. The van der Waals surface area contributed by atoms with E-state index in [1.54, 1.807) is 11.0 Å². The molecule has 206 valence electrons. The molecule has 7 nitrogen and oxygen atoms in total. The Morgan fingerprint density at radius 1 is 1.00 bits per heavy atom. The van der Waals surface area contributed by atoms with Gasteiger partial charge in [0.1, 0.15) is 6.07 Å². The summed E-state index contributed by atoms with van der Waals surface area (Å²) in [7, 11) is 1.85. The van der Waals surface area contributed by atoms with Crippen LogP contribution in [0.5, 0.6) is 0 Å². The molecule has 1 unspecified atom stereocenters. The Morgan fingerprint density at radius 3 is 2.40 bits per heavy atom. The monoisotopic (exact) mass is 535 g/mol. The normalized spacial score (nSPS) is 19.1. The highest BCUT2D eigenvalue weighted by molar-refractivity contribution is 6.08. The lowest BCUT2D eigenvalue weighted by molar-refractivity contribution is -0.120. The van der Waals surface area contributed by atoms with Gasteiger partial charge in [0, 0.05) is 55.6 Å². The van der Waals surface area contributed by atoms with E-state index in [9.17, 15) is 14.9 Å². The molecule has 1 fully saturated rings. The lowest BCUT2D eigenvalue weighted by Crippen LogP contribution is -2.53. The molecule has 2 aliphatic heterocycles. The molecule has 0 aliphatic carbocycles. The summed E-state index contributed by atoms with van der Waals surface area (Å²) in [5.41, 5.74) is 5.91. The lowest BCUT2D eigenvalue weighted by Gasteiger charge is -2.45. The number of nitrogens with one attached hydrogen (secondary N) is 1. The standard InChI is InChI=1S/C33H37N5O2/c1-5-23(6-2)32(39)35-25-15-16-29(24(19-25)20-34)38-18-17-37(21-22(38)3)31-26-11-7-8-12-27(26)33(40)36(4)30-14-10-9-13-28(30)31/h7-16,19,22-23,31H,5-6,17-18,21H2,1-4H3,(H,35,39)/t22-,31?/m1/s1. The quantitative estimate of drug-likeness (QED) is 0.430. The summed E-state index contributed by atoms with van der Waals surface area (Å²) in [6.07, 6.45) is 1.57. The number of nitriles is 1. The lowest BCUT2D eigenvalue weighted by atomic mass is 9.92. The predicted octanol–water partition coefficient (Wildman–Crippen LogP) is 5.82. The molecule has 2 aliphatic rings. The summed E-state index contributed by atoms with van der Waals surface area (Å²) >= 11 is 0. The predicted molar refractivity (Wildman–Crippen MR) is 160 cm³/mol. The van der Waals surface area contributed by atoms with Gasteiger partial charge in [-0.25, -0.2) is 0 Å². The average Bonchev–Trinajstić information content (AvgIpc) is 3.06. The molecular weight excluding hydrogens is 498 g/mol. The Balaban J connectivity index is 1.42. The van der Waals surface area contributed by atoms with Gasteiger partial charge < -0.3 is 15.1 Å². The van der Waals surface area contributed by atoms with Crippen molar-refractivity contribution < 1.29 is 9.59 Å². The fourth-order valence-corrected chi connectivity index (χ4v) is 6.24. The summed E-state index contributed by atoms with van der Waals surface area (Å²) in [5, 5.41) is 13.0. The Labute approximate surface area is 237 Å². The number of hydrogen-bond acceptors (Lipinski definition) is 5. The number of carbonyl (C=O) groups excluding carboxylic acids is 2. The first-order chi connectivity index (χ1) is 19.4. The van der Waals surface area contributed by atoms with Crippen molar-refractivity contribution in [2.24, 2.45) is 5.92 Å². The Bertz CT molecular complexity index is 1460. The van der Waals surface area contributed by atoms with Crippen LogP contribution in [-0.4, -0.2) is 49.4 Å². The number of amides is 2. The Kier molecular flexibility index (Phi) is 7.90. The maximum atomic E-state index is 13.4. The second-order valence-corrected chi connectivity index (χ2v) is 10.8. The van der Waals surface area contributed by atoms with Gasteiger partial charge in [-0.15, -0.1) is 0 Å². The molecule has 7 heteroatoms. The van der Waals surface area contributed by atoms with E-state index in [1.807, 2.05) is 69.4 Å². The van der Waals surface area contributed by atoms with Gasteiger partial charge in [0.05, 0.1) is 17.3 Å². The molecule has 40 heavy (non-hydrogen) atoms. The molecule has 0 aromatic heterocycles. The van der Waals surface area contributed by atoms with E-state index in [1.165, 1.54) is 0 Å². The molecular formula is C33H37N5O2. The maximum Gasteiger partial charge on any atom is 0.258 e. The number of carbonyl (C=O) groups is 2. The van der Waals surface area contributed by atoms with Crippen LogP contribution in [0, 0.1) is 17.2 Å². The van der Waals surface area contributed by atoms with Crippen LogP contribution in [0.2, 0.25) is 0 Å². The summed E-state index contributed by atoms with van der Waals surface area (Å²) in [5.74, 6) is -0.0309. The van der Waals surface area contributed by atoms with Crippen molar-refractivity contribution in [2.45, 2.75) is 45.7 Å². The number of piperazine rings is 1. The topological polar surface area (TPSA) is 79.7 Å². The third-order valence-electron chi connectivity index (χ3n) is 8.46. The van der Waals surface area contributed by atoms with Crippen LogP contribution in [0.25, 0.3) is 0 Å². The second kappa shape index (κ2) is 11.5. The van der Waals surface area contributed by atoms with Crippen molar-refractivity contribution in [3.63, 3.8) is 0 Å². The number of nitrogens with zero attached hydrogens (tertiary/aromatic N) is 4. The SMILES string of the molecule is CCC(CC)C(=O)Nc1ccc(N2CCN(C3c4ccccc4C(=O)N(C)c4ccccc43)C[C@H]2C)c(C#N)c1. The van der Waals surface area contributed by atoms with E-state index in [0.29, 0.717) is 11.3 Å². The highest BCUT2D eigenvalue weighted by Crippen LogP contribution is 2.41. The number of benzene rings is 3. The van der Waals surface area contributed by atoms with E-state index in [-0.39, 0.29) is 29.8 Å². The van der Waals surface area contributed by atoms with Crippen molar-refractivity contribution >= 4 is 28.9 Å². The summed E-state index contributed by atoms with van der Waals surface area (Å²) in [4.78, 5) is 32.5. The molecule has 2 atom stereocenters. The van der Waals surface area contributed by atoms with E-state index >= 15 is 0 Å². The minimum atomic E-state index is -0.0518. The molecule has 0 spiro atoms. The van der Waals surface area contributed by atoms with Crippen LogP contribution < -0.4 is 15.1 Å². The number of anilines is 3. The second-order valence-electron chi connectivity index (χ2n) is 10.8. The average molecular weight is 536 g/mol. The van der Waals surface area contributed by atoms with Gasteiger partial charge >= 0.3 is 0 Å². The summed E-state index contributed by atoms with van der Waals surface area (Å²) in [6, 6.07) is 24.2. The van der Waals surface area contributed by atoms with Crippen molar-refractivity contribution in [3.05, 3.63) is 89.0 Å². The van der Waals surface area contributed by atoms with Gasteiger partial charge in [-0.05, 0) is 61.2 Å². The fourth-order valence-electron chi connectivity index (χ4n) is 6.24. The van der Waals surface area contributed by atoms with E-state index < -0.39 is 0 Å². The first-order valence-corrected chi connectivity index (χ1v) is 14.2. The van der Waals surface area contributed by atoms with Crippen LogP contribution in [0.3, 0.4) is 0 Å². The van der Waals surface area contributed by atoms with Gasteiger partial charge in [-0.2, -0.15) is 5.26 Å². The fraction of sp³-hybridized carbons (Fsp3) is 0.364. The minimum absolute atomic E-state index is 0.00304. The molecule has 0 saturated carbocycles. The molecule has 2 amide bonds. The van der Waals surface area contributed by atoms with Crippen LogP contribution in [-0.2, 0) is 4.79 Å². The van der Waals surface area contributed by atoms with Crippen molar-refractivity contribution in [2.75, 3.05) is 41.8 Å². The zero-order valence-electron chi connectivity index (χ0n) is 23.7. The Hall–Kier alpha value is -4.15. The first kappa shape index (κ1) is 27.4. The van der Waals surface area contributed by atoms with Gasteiger partial charge in [-0.1, -0.05) is 50.2 Å². The largest absolute Gasteiger partial charge is 0.365 e. The summed E-state index contributed by atoms with van der Waals surface area (Å²) in [6.45, 7) is 8.49. The maximum absolute atomic E-state index is 13.4. The molecule has 0 bridgehead atoms. The van der Waals surface area contributed by atoms with Gasteiger partial charge in [-0.3, -0.25) is 14.5 Å². The molecule has 1 saturated heterocycles. The van der Waals surface area contributed by atoms with Gasteiger partial charge in [0.25, 0.3) is 5.91 Å². The third-order valence-corrected chi connectivity index (χ3v) is 8.46. The molecule has 1 N–H and O–H groups in total. The van der Waals surface area contributed by atoms with Crippen LogP contribution >= 0.6 is 0 Å². The number of fused-ring (bicyclic) bond motifs is 2. The number of rotatable bonds is 6. The molecule has 3 aromatic rings. The van der Waals surface area contributed by atoms with Crippen LogP contribution in [0.4, 0.5) is 17.1 Å². The minimum Gasteiger partial charge on any atom is -0.365 e. The highest BCUT2D eigenvalue weighted by Gasteiger charge is 2.37. The van der Waals surface area contributed by atoms with E-state index in [0.717, 1.165) is 60.5 Å². The van der Waals surface area contributed by atoms with Crippen LogP contribution in [0.15, 0.2) is 66.7 Å². The Morgan fingerprint density at radius 2 is 1.70 bits per heavy atom.